The van der Waals surface area contributed by atoms with Gasteiger partial charge in [0.25, 0.3) is 0 Å². The van der Waals surface area contributed by atoms with Crippen LogP contribution >= 0.6 is 0 Å². The topological polar surface area (TPSA) is 41.1 Å². The van der Waals surface area contributed by atoms with Gasteiger partial charge in [-0.15, -0.1) is 0 Å². The molecule has 0 rings (SSSR count). The molecule has 96 valence electrons. The Morgan fingerprint density at radius 3 is 2.50 bits per heavy atom. The van der Waals surface area contributed by atoms with Crippen LogP contribution in [-0.2, 0) is 4.79 Å². The fraction of sp³-hybridized carbons (Fsp3) is 0.889. The molecule has 0 aliphatic carbocycles. The average Bonchev–Trinajstić information content (AvgIpc) is 2.17. The second-order valence-electron chi connectivity index (χ2n) is 3.37. The highest BCUT2D eigenvalue weighted by atomic mass is 19.3. The zero-order valence-electron chi connectivity index (χ0n) is 9.03. The first-order valence-corrected chi connectivity index (χ1v) is 5.03. The molecule has 0 spiro atoms. The van der Waals surface area contributed by atoms with Crippen LogP contribution in [0.4, 0.5) is 17.6 Å². The van der Waals surface area contributed by atoms with Crippen LogP contribution in [0.5, 0.6) is 0 Å². The summed E-state index contributed by atoms with van der Waals surface area (Å²) in [6.07, 6.45) is -2.03. The third kappa shape index (κ3) is 6.60. The van der Waals surface area contributed by atoms with Crippen LogP contribution in [0.25, 0.3) is 0 Å². The molecule has 0 atom stereocenters. The van der Waals surface area contributed by atoms with Gasteiger partial charge < -0.3 is 10.6 Å². The summed E-state index contributed by atoms with van der Waals surface area (Å²) in [6.45, 7) is 0.813. The van der Waals surface area contributed by atoms with Crippen molar-refractivity contribution in [2.75, 3.05) is 19.6 Å². The van der Waals surface area contributed by atoms with E-state index in [1.165, 1.54) is 0 Å². The van der Waals surface area contributed by atoms with Gasteiger partial charge in [-0.05, 0) is 6.42 Å². The molecule has 0 saturated heterocycles. The van der Waals surface area contributed by atoms with Crippen LogP contribution < -0.4 is 10.6 Å². The second kappa shape index (κ2) is 7.43. The fourth-order valence-electron chi connectivity index (χ4n) is 0.887. The van der Waals surface area contributed by atoms with Gasteiger partial charge in [0.1, 0.15) is 0 Å². The van der Waals surface area contributed by atoms with Gasteiger partial charge in [-0.25, -0.2) is 8.78 Å². The van der Waals surface area contributed by atoms with Crippen LogP contribution in [0.1, 0.15) is 19.8 Å². The molecule has 0 radical (unpaired) electrons. The summed E-state index contributed by atoms with van der Waals surface area (Å²) in [5.41, 5.74) is 0. The minimum atomic E-state index is -4.09. The van der Waals surface area contributed by atoms with Crippen molar-refractivity contribution < 1.29 is 22.4 Å². The SMILES string of the molecule is CCCCNC(=O)CNCC(F)(F)C(F)F. The zero-order chi connectivity index (χ0) is 12.6. The van der Waals surface area contributed by atoms with Crippen LogP contribution in [0.2, 0.25) is 0 Å². The number of nitrogens with one attached hydrogen (secondary N) is 2. The van der Waals surface area contributed by atoms with Crippen molar-refractivity contribution in [1.29, 1.82) is 0 Å². The summed E-state index contributed by atoms with van der Waals surface area (Å²) in [7, 11) is 0. The predicted octanol–water partition coefficient (Wildman–Crippen LogP) is 1.39. The summed E-state index contributed by atoms with van der Waals surface area (Å²) in [5, 5.41) is 4.46. The lowest BCUT2D eigenvalue weighted by Gasteiger charge is -2.15. The fourth-order valence-corrected chi connectivity index (χ4v) is 0.887. The first-order chi connectivity index (χ1) is 7.40. The number of unbranched alkanes of at least 4 members (excludes halogenated alkanes) is 1. The van der Waals surface area contributed by atoms with E-state index in [2.05, 4.69) is 5.32 Å². The standard InChI is InChI=1S/C9H16F4N2O/c1-2-3-4-15-7(16)5-14-6-9(12,13)8(10)11/h8,14H,2-6H2,1H3,(H,15,16). The van der Waals surface area contributed by atoms with E-state index in [4.69, 9.17) is 0 Å². The van der Waals surface area contributed by atoms with Crippen LogP contribution in [0.15, 0.2) is 0 Å². The lowest BCUT2D eigenvalue weighted by atomic mass is 10.3. The molecule has 0 saturated carbocycles. The van der Waals surface area contributed by atoms with E-state index in [1.54, 1.807) is 0 Å². The van der Waals surface area contributed by atoms with Gasteiger partial charge in [-0.2, -0.15) is 8.78 Å². The Balaban J connectivity index is 3.61. The van der Waals surface area contributed by atoms with Gasteiger partial charge >= 0.3 is 12.3 Å². The molecule has 0 heterocycles. The monoisotopic (exact) mass is 244 g/mol. The highest BCUT2D eigenvalue weighted by molar-refractivity contribution is 5.77. The van der Waals surface area contributed by atoms with Crippen LogP contribution in [0.3, 0.4) is 0 Å². The van der Waals surface area contributed by atoms with Gasteiger partial charge in [-0.3, -0.25) is 4.79 Å². The number of hydrogen-bond donors (Lipinski definition) is 2. The number of carbonyl (C=O) groups excluding carboxylic acids is 1. The van der Waals surface area contributed by atoms with Crippen molar-refractivity contribution in [3.63, 3.8) is 0 Å². The summed E-state index contributed by atoms with van der Waals surface area (Å²) < 4.78 is 48.1. The number of rotatable bonds is 8. The smallest absolute Gasteiger partial charge is 0.319 e. The van der Waals surface area contributed by atoms with Gasteiger partial charge in [-0.1, -0.05) is 13.3 Å². The highest BCUT2D eigenvalue weighted by Gasteiger charge is 2.40. The van der Waals surface area contributed by atoms with Crippen molar-refractivity contribution in [3.05, 3.63) is 0 Å². The normalized spacial score (nSPS) is 11.9. The maximum atomic E-state index is 12.4. The van der Waals surface area contributed by atoms with E-state index >= 15 is 0 Å². The second-order valence-corrected chi connectivity index (χ2v) is 3.37. The zero-order valence-corrected chi connectivity index (χ0v) is 9.03. The molecule has 2 N–H and O–H groups in total. The van der Waals surface area contributed by atoms with Crippen LogP contribution in [-0.4, -0.2) is 37.9 Å². The molecule has 0 aromatic rings. The molecule has 16 heavy (non-hydrogen) atoms. The average molecular weight is 244 g/mol. The number of hydrogen-bond acceptors (Lipinski definition) is 2. The Hall–Kier alpha value is -0.850. The van der Waals surface area contributed by atoms with Gasteiger partial charge in [0, 0.05) is 6.54 Å². The van der Waals surface area contributed by atoms with Gasteiger partial charge in [0.15, 0.2) is 0 Å². The van der Waals surface area contributed by atoms with Crippen molar-refractivity contribution >= 4 is 5.91 Å². The summed E-state index contributed by atoms with van der Waals surface area (Å²) in [4.78, 5) is 11.0. The lowest BCUT2D eigenvalue weighted by molar-refractivity contribution is -0.128. The van der Waals surface area contributed by atoms with E-state index in [0.717, 1.165) is 12.8 Å². The minimum Gasteiger partial charge on any atom is -0.355 e. The third-order valence-electron chi connectivity index (χ3n) is 1.82. The molecule has 0 aromatic carbocycles. The van der Waals surface area contributed by atoms with E-state index in [-0.39, 0.29) is 6.54 Å². The Morgan fingerprint density at radius 1 is 1.38 bits per heavy atom. The van der Waals surface area contributed by atoms with Gasteiger partial charge in [0.2, 0.25) is 5.91 Å². The van der Waals surface area contributed by atoms with Crippen molar-refractivity contribution in [2.24, 2.45) is 0 Å². The maximum absolute atomic E-state index is 12.4. The summed E-state index contributed by atoms with van der Waals surface area (Å²) in [6, 6.07) is 0. The van der Waals surface area contributed by atoms with E-state index in [1.807, 2.05) is 12.2 Å². The summed E-state index contributed by atoms with van der Waals surface area (Å²) in [5.74, 6) is -4.57. The van der Waals surface area contributed by atoms with E-state index in [9.17, 15) is 22.4 Å². The minimum absolute atomic E-state index is 0.383. The Bertz CT molecular complexity index is 212. The van der Waals surface area contributed by atoms with E-state index < -0.39 is 24.8 Å². The Labute approximate surface area is 91.6 Å². The van der Waals surface area contributed by atoms with Gasteiger partial charge in [0.05, 0.1) is 13.1 Å². The van der Waals surface area contributed by atoms with E-state index in [0.29, 0.717) is 6.54 Å². The first kappa shape index (κ1) is 15.2. The molecular formula is C9H16F4N2O. The number of halogens is 4. The lowest BCUT2D eigenvalue weighted by Crippen LogP contribution is -2.43. The Morgan fingerprint density at radius 2 is 2.00 bits per heavy atom. The first-order valence-electron chi connectivity index (χ1n) is 5.03. The molecule has 7 heteroatoms. The largest absolute Gasteiger partial charge is 0.355 e. The molecule has 0 aliphatic heterocycles. The molecule has 0 fully saturated rings. The summed E-state index contributed by atoms with van der Waals surface area (Å²) >= 11 is 0. The molecule has 1 amide bonds. The number of amides is 1. The van der Waals surface area contributed by atoms with Crippen molar-refractivity contribution in [3.8, 4) is 0 Å². The highest BCUT2D eigenvalue weighted by Crippen LogP contribution is 2.21. The third-order valence-corrected chi connectivity index (χ3v) is 1.82. The number of carbonyl (C=O) groups is 1. The molecule has 3 nitrogen and oxygen atoms in total. The van der Waals surface area contributed by atoms with Crippen molar-refractivity contribution in [1.82, 2.24) is 10.6 Å². The quantitative estimate of drug-likeness (QED) is 0.500. The van der Waals surface area contributed by atoms with Crippen LogP contribution in [0, 0.1) is 0 Å². The molecule has 0 aromatic heterocycles. The molecule has 0 bridgehead atoms. The predicted molar refractivity (Wildman–Crippen MR) is 51.7 cm³/mol. The maximum Gasteiger partial charge on any atom is 0.319 e. The molecule has 0 unspecified atom stereocenters. The molecule has 0 aliphatic rings. The number of alkyl halides is 4. The van der Waals surface area contributed by atoms with Crippen molar-refractivity contribution in [2.45, 2.75) is 32.1 Å². The molecular weight excluding hydrogens is 228 g/mol. The Kier molecular flexibility index (Phi) is 7.03.